The number of esters is 2. The van der Waals surface area contributed by atoms with Crippen molar-refractivity contribution in [3.05, 3.63) is 35.9 Å². The predicted octanol–water partition coefficient (Wildman–Crippen LogP) is 1.76. The molecule has 0 bridgehead atoms. The van der Waals surface area contributed by atoms with Crippen LogP contribution in [0.5, 0.6) is 0 Å². The highest BCUT2D eigenvalue weighted by Crippen LogP contribution is 2.14. The Hall–Kier alpha value is -2.21. The summed E-state index contributed by atoms with van der Waals surface area (Å²) in [5, 5.41) is 0. The van der Waals surface area contributed by atoms with Crippen LogP contribution in [0.15, 0.2) is 30.3 Å². The zero-order chi connectivity index (χ0) is 18.2. The van der Waals surface area contributed by atoms with E-state index >= 15 is 0 Å². The van der Waals surface area contributed by atoms with Gasteiger partial charge in [0.15, 0.2) is 11.9 Å². The smallest absolute Gasteiger partial charge is 0.323 e. The highest BCUT2D eigenvalue weighted by atomic mass is 16.6. The summed E-state index contributed by atoms with van der Waals surface area (Å²) < 4.78 is 10.3. The molecule has 0 spiro atoms. The Balaban J connectivity index is 2.01. The number of benzene rings is 1. The second-order valence-corrected chi connectivity index (χ2v) is 6.00. The molecule has 1 fully saturated rings. The molecule has 1 aromatic carbocycles. The lowest BCUT2D eigenvalue weighted by atomic mass is 10.0. The number of carbonyl (C=O) groups is 3. The Morgan fingerprint density at radius 3 is 2.52 bits per heavy atom. The Morgan fingerprint density at radius 1 is 1.20 bits per heavy atom. The number of likely N-dealkylation sites (N-methyl/N-ethyl adjacent to an activating group) is 1. The van der Waals surface area contributed by atoms with Crippen LogP contribution in [0.25, 0.3) is 0 Å². The molecule has 1 saturated heterocycles. The van der Waals surface area contributed by atoms with Crippen molar-refractivity contribution >= 4 is 17.7 Å². The van der Waals surface area contributed by atoms with E-state index in [0.29, 0.717) is 19.5 Å². The number of cyclic esters (lactones) is 1. The van der Waals surface area contributed by atoms with Crippen LogP contribution in [0.1, 0.15) is 32.3 Å². The lowest BCUT2D eigenvalue weighted by molar-refractivity contribution is -0.170. The van der Waals surface area contributed by atoms with Gasteiger partial charge >= 0.3 is 11.9 Å². The molecule has 0 aliphatic carbocycles. The van der Waals surface area contributed by atoms with Gasteiger partial charge in [0.2, 0.25) is 0 Å². The van der Waals surface area contributed by atoms with Crippen LogP contribution in [0.3, 0.4) is 0 Å². The van der Waals surface area contributed by atoms with E-state index in [1.54, 1.807) is 0 Å². The quantitative estimate of drug-likeness (QED) is 0.667. The number of ether oxygens (including phenoxy) is 2. The molecule has 25 heavy (non-hydrogen) atoms. The maximum absolute atomic E-state index is 12.6. The van der Waals surface area contributed by atoms with Crippen molar-refractivity contribution in [2.75, 3.05) is 19.7 Å². The molecule has 1 heterocycles. The number of Topliss-reactive ketones (excluding diaryl/α,β-unsaturated/α-hetero) is 1. The Bertz CT molecular complexity index is 597. The van der Waals surface area contributed by atoms with E-state index in [1.165, 1.54) is 0 Å². The van der Waals surface area contributed by atoms with Gasteiger partial charge in [-0.15, -0.1) is 0 Å². The second-order valence-electron chi connectivity index (χ2n) is 6.00. The SMILES string of the molecule is CCN(CC)[C@@H](Cc1ccccc1)C(=O)OCC1OC(=O)CCC1=O. The minimum Gasteiger partial charge on any atom is -0.460 e. The molecule has 0 saturated carbocycles. The van der Waals surface area contributed by atoms with Gasteiger partial charge in [0, 0.05) is 6.42 Å². The number of ketones is 1. The lowest BCUT2D eigenvalue weighted by Gasteiger charge is -2.29. The fourth-order valence-electron chi connectivity index (χ4n) is 2.91. The first-order chi connectivity index (χ1) is 12.0. The molecule has 1 unspecified atom stereocenters. The van der Waals surface area contributed by atoms with Gasteiger partial charge in [-0.05, 0) is 25.1 Å². The van der Waals surface area contributed by atoms with Gasteiger partial charge in [-0.2, -0.15) is 0 Å². The summed E-state index contributed by atoms with van der Waals surface area (Å²) in [4.78, 5) is 37.7. The molecule has 0 aromatic heterocycles. The molecule has 0 N–H and O–H groups in total. The first-order valence-corrected chi connectivity index (χ1v) is 8.72. The summed E-state index contributed by atoms with van der Waals surface area (Å²) in [6.45, 7) is 5.18. The normalized spacial score (nSPS) is 18.8. The third-order valence-electron chi connectivity index (χ3n) is 4.38. The van der Waals surface area contributed by atoms with E-state index in [1.807, 2.05) is 49.1 Å². The molecular formula is C19H25NO5. The van der Waals surface area contributed by atoms with E-state index in [2.05, 4.69) is 0 Å². The van der Waals surface area contributed by atoms with Gasteiger partial charge in [-0.25, -0.2) is 0 Å². The minimum atomic E-state index is -0.973. The van der Waals surface area contributed by atoms with Crippen LogP contribution >= 0.6 is 0 Å². The zero-order valence-corrected chi connectivity index (χ0v) is 14.8. The summed E-state index contributed by atoms with van der Waals surface area (Å²) >= 11 is 0. The molecule has 1 aliphatic rings. The molecule has 2 atom stereocenters. The first kappa shape index (κ1) is 19.1. The average Bonchev–Trinajstić information content (AvgIpc) is 2.63. The van der Waals surface area contributed by atoms with Crippen LogP contribution in [0, 0.1) is 0 Å². The largest absolute Gasteiger partial charge is 0.460 e. The molecule has 136 valence electrons. The molecule has 2 rings (SSSR count). The van der Waals surface area contributed by atoms with Gasteiger partial charge in [-0.3, -0.25) is 19.3 Å². The fourth-order valence-corrected chi connectivity index (χ4v) is 2.91. The highest BCUT2D eigenvalue weighted by molar-refractivity contribution is 5.91. The zero-order valence-electron chi connectivity index (χ0n) is 14.8. The maximum atomic E-state index is 12.6. The van der Waals surface area contributed by atoms with Crippen molar-refractivity contribution in [2.45, 2.75) is 45.3 Å². The summed E-state index contributed by atoms with van der Waals surface area (Å²) in [6.07, 6.45) is -0.205. The molecule has 1 aromatic rings. The van der Waals surface area contributed by atoms with Crippen molar-refractivity contribution < 1.29 is 23.9 Å². The monoisotopic (exact) mass is 347 g/mol. The third kappa shape index (κ3) is 5.39. The Morgan fingerprint density at radius 2 is 1.88 bits per heavy atom. The highest BCUT2D eigenvalue weighted by Gasteiger charge is 2.32. The van der Waals surface area contributed by atoms with E-state index in [4.69, 9.17) is 9.47 Å². The summed E-state index contributed by atoms with van der Waals surface area (Å²) in [7, 11) is 0. The molecule has 1 aliphatic heterocycles. The van der Waals surface area contributed by atoms with Gasteiger partial charge in [0.1, 0.15) is 12.6 Å². The number of carbonyl (C=O) groups excluding carboxylic acids is 3. The Labute approximate surface area is 148 Å². The number of hydrogen-bond donors (Lipinski definition) is 0. The molecule has 6 nitrogen and oxygen atoms in total. The standard InChI is InChI=1S/C19H25NO5/c1-3-20(4-2)15(12-14-8-6-5-7-9-14)19(23)24-13-17-16(21)10-11-18(22)25-17/h5-9,15,17H,3-4,10-13H2,1-2H3/t15-,17?/m0/s1. The van der Waals surface area contributed by atoms with Crippen molar-refractivity contribution in [3.8, 4) is 0 Å². The molecule has 0 amide bonds. The average molecular weight is 347 g/mol. The van der Waals surface area contributed by atoms with Crippen LogP contribution in [0.4, 0.5) is 0 Å². The van der Waals surface area contributed by atoms with Gasteiger partial charge in [-0.1, -0.05) is 44.2 Å². The lowest BCUT2D eigenvalue weighted by Crippen LogP contribution is -2.45. The molecular weight excluding hydrogens is 322 g/mol. The maximum Gasteiger partial charge on any atom is 0.323 e. The molecule has 0 radical (unpaired) electrons. The van der Waals surface area contributed by atoms with E-state index in [0.717, 1.165) is 5.56 Å². The van der Waals surface area contributed by atoms with Crippen LogP contribution < -0.4 is 0 Å². The summed E-state index contributed by atoms with van der Waals surface area (Å²) in [6, 6.07) is 9.29. The van der Waals surface area contributed by atoms with Crippen molar-refractivity contribution in [1.82, 2.24) is 4.90 Å². The van der Waals surface area contributed by atoms with E-state index in [9.17, 15) is 14.4 Å². The topological polar surface area (TPSA) is 72.9 Å². The summed E-state index contributed by atoms with van der Waals surface area (Å²) in [5.74, 6) is -1.03. The second kappa shape index (κ2) is 9.32. The van der Waals surface area contributed by atoms with E-state index in [-0.39, 0.29) is 25.2 Å². The number of hydrogen-bond acceptors (Lipinski definition) is 6. The predicted molar refractivity (Wildman–Crippen MR) is 91.9 cm³/mol. The Kier molecular flexibility index (Phi) is 7.13. The van der Waals surface area contributed by atoms with Gasteiger partial charge in [0.05, 0.1) is 6.42 Å². The van der Waals surface area contributed by atoms with Gasteiger partial charge in [0.25, 0.3) is 0 Å². The van der Waals surface area contributed by atoms with Crippen molar-refractivity contribution in [2.24, 2.45) is 0 Å². The van der Waals surface area contributed by atoms with Crippen LogP contribution in [0.2, 0.25) is 0 Å². The van der Waals surface area contributed by atoms with Crippen LogP contribution in [-0.2, 0) is 30.3 Å². The third-order valence-corrected chi connectivity index (χ3v) is 4.38. The number of rotatable bonds is 8. The van der Waals surface area contributed by atoms with Gasteiger partial charge < -0.3 is 9.47 Å². The van der Waals surface area contributed by atoms with Crippen molar-refractivity contribution in [1.29, 1.82) is 0 Å². The number of nitrogens with zero attached hydrogens (tertiary/aromatic N) is 1. The van der Waals surface area contributed by atoms with Crippen molar-refractivity contribution in [3.63, 3.8) is 0 Å². The minimum absolute atomic E-state index is 0.0966. The first-order valence-electron chi connectivity index (χ1n) is 8.72. The van der Waals surface area contributed by atoms with E-state index < -0.39 is 24.1 Å². The summed E-state index contributed by atoms with van der Waals surface area (Å²) in [5.41, 5.74) is 1.04. The van der Waals surface area contributed by atoms with Crippen LogP contribution in [-0.4, -0.2) is 54.5 Å². The fraction of sp³-hybridized carbons (Fsp3) is 0.526. The molecule has 6 heteroatoms.